The molecule has 0 atom stereocenters. The van der Waals surface area contributed by atoms with Crippen LogP contribution >= 0.6 is 0 Å². The lowest BCUT2D eigenvalue weighted by Gasteiger charge is -1.89. The number of rotatable bonds is 4. The van der Waals surface area contributed by atoms with E-state index in [4.69, 9.17) is 0 Å². The van der Waals surface area contributed by atoms with E-state index in [-0.39, 0.29) is 0 Å². The molecule has 11 heavy (non-hydrogen) atoms. The SMILES string of the molecule is CCCCCc1c[n+](=O)[nH][nH]1. The van der Waals surface area contributed by atoms with Crippen molar-refractivity contribution in [2.75, 3.05) is 0 Å². The molecule has 62 valence electrons. The first-order valence-electron chi connectivity index (χ1n) is 4.01. The average molecular weight is 156 g/mol. The molecular formula is C7H14N3O+. The normalized spacial score (nSPS) is 10.3. The highest BCUT2D eigenvalue weighted by atomic mass is 16.3. The summed E-state index contributed by atoms with van der Waals surface area (Å²) >= 11 is 0. The molecule has 0 bridgehead atoms. The number of unbranched alkanes of at least 4 members (excludes halogenated alkanes) is 2. The van der Waals surface area contributed by atoms with Crippen LogP contribution in [0.25, 0.3) is 0 Å². The molecule has 1 rings (SSSR count). The van der Waals surface area contributed by atoms with Gasteiger partial charge in [0.1, 0.15) is 0 Å². The molecule has 0 radical (unpaired) electrons. The van der Waals surface area contributed by atoms with E-state index in [9.17, 15) is 4.91 Å². The molecule has 4 nitrogen and oxygen atoms in total. The van der Waals surface area contributed by atoms with Gasteiger partial charge in [0.2, 0.25) is 6.20 Å². The molecular weight excluding hydrogens is 142 g/mol. The number of aryl methyl sites for hydroxylation is 1. The third-order valence-corrected chi connectivity index (χ3v) is 1.65. The minimum absolute atomic E-state index is 0.682. The van der Waals surface area contributed by atoms with Gasteiger partial charge in [-0.3, -0.25) is 0 Å². The molecule has 0 aliphatic carbocycles. The zero-order chi connectivity index (χ0) is 8.10. The molecule has 0 saturated carbocycles. The van der Waals surface area contributed by atoms with Gasteiger partial charge in [-0.05, 0) is 11.3 Å². The van der Waals surface area contributed by atoms with Gasteiger partial charge in [0.25, 0.3) is 0 Å². The van der Waals surface area contributed by atoms with E-state index < -0.39 is 0 Å². The topological polar surface area (TPSA) is 54.6 Å². The maximum absolute atomic E-state index is 10.6. The molecule has 0 fully saturated rings. The Labute approximate surface area is 65.2 Å². The molecule has 0 spiro atoms. The van der Waals surface area contributed by atoms with E-state index in [1.807, 2.05) is 0 Å². The average Bonchev–Trinajstić information content (AvgIpc) is 2.37. The largest absolute Gasteiger partial charge is 0.209 e. The lowest BCUT2D eigenvalue weighted by Crippen LogP contribution is -2.12. The monoisotopic (exact) mass is 156 g/mol. The summed E-state index contributed by atoms with van der Waals surface area (Å²) < 4.78 is 0.682. The van der Waals surface area contributed by atoms with E-state index in [0.29, 0.717) is 4.54 Å². The zero-order valence-electron chi connectivity index (χ0n) is 6.76. The van der Waals surface area contributed by atoms with Crippen LogP contribution in [0.3, 0.4) is 0 Å². The number of aromatic nitrogens is 3. The number of aromatic amines is 2. The predicted molar refractivity (Wildman–Crippen MR) is 41.7 cm³/mol. The smallest absolute Gasteiger partial charge is 0.174 e. The fourth-order valence-electron chi connectivity index (χ4n) is 1.03. The highest BCUT2D eigenvalue weighted by Crippen LogP contribution is 1.99. The first-order valence-corrected chi connectivity index (χ1v) is 4.01. The van der Waals surface area contributed by atoms with Gasteiger partial charge in [-0.15, -0.1) is 0 Å². The highest BCUT2D eigenvalue weighted by molar-refractivity contribution is 4.86. The molecule has 0 aliphatic heterocycles. The van der Waals surface area contributed by atoms with Crippen molar-refractivity contribution in [3.05, 3.63) is 16.8 Å². The number of hydrogen-bond acceptors (Lipinski definition) is 1. The van der Waals surface area contributed by atoms with Crippen LogP contribution in [0.15, 0.2) is 6.20 Å². The van der Waals surface area contributed by atoms with Crippen molar-refractivity contribution in [2.24, 2.45) is 0 Å². The van der Waals surface area contributed by atoms with Gasteiger partial charge in [0, 0.05) is 6.42 Å². The van der Waals surface area contributed by atoms with Crippen LogP contribution in [0.2, 0.25) is 0 Å². The van der Waals surface area contributed by atoms with Crippen LogP contribution in [-0.2, 0) is 6.42 Å². The molecule has 4 heteroatoms. The minimum atomic E-state index is 0.682. The molecule has 0 saturated heterocycles. The standard InChI is InChI=1S/C7H14N3O/c1-2-3-4-5-7-6-10(11)9-8-7/h6H,2-5H2,1H3,(H2,8,9,11)/q+1. The predicted octanol–water partition coefficient (Wildman–Crippen LogP) is 0.990. The zero-order valence-corrected chi connectivity index (χ0v) is 6.76. The van der Waals surface area contributed by atoms with Crippen LogP contribution in [0.4, 0.5) is 0 Å². The van der Waals surface area contributed by atoms with Crippen LogP contribution in [-0.4, -0.2) is 10.3 Å². The van der Waals surface area contributed by atoms with Gasteiger partial charge < -0.3 is 0 Å². The van der Waals surface area contributed by atoms with Gasteiger partial charge in [-0.2, -0.15) is 5.10 Å². The summed E-state index contributed by atoms with van der Waals surface area (Å²) in [5.41, 5.74) is 0.980. The van der Waals surface area contributed by atoms with Crippen molar-refractivity contribution in [1.29, 1.82) is 0 Å². The number of nitrogens with zero attached hydrogens (tertiary/aromatic N) is 1. The Kier molecular flexibility index (Phi) is 2.89. The Morgan fingerprint density at radius 3 is 2.91 bits per heavy atom. The second-order valence-electron chi connectivity index (χ2n) is 2.67. The summed E-state index contributed by atoms with van der Waals surface area (Å²) in [6.07, 6.45) is 6.07. The van der Waals surface area contributed by atoms with Crippen LogP contribution in [0.5, 0.6) is 0 Å². The van der Waals surface area contributed by atoms with E-state index in [1.54, 1.807) is 0 Å². The van der Waals surface area contributed by atoms with Crippen LogP contribution in [0.1, 0.15) is 31.9 Å². The molecule has 0 unspecified atom stereocenters. The summed E-state index contributed by atoms with van der Waals surface area (Å²) in [7, 11) is 0. The molecule has 1 aromatic heterocycles. The van der Waals surface area contributed by atoms with Gasteiger partial charge in [0.15, 0.2) is 5.69 Å². The van der Waals surface area contributed by atoms with E-state index in [2.05, 4.69) is 17.2 Å². The number of hydrogen-bond donors (Lipinski definition) is 2. The number of H-pyrrole nitrogens is 2. The lowest BCUT2D eigenvalue weighted by atomic mass is 10.2. The first kappa shape index (κ1) is 8.04. The van der Waals surface area contributed by atoms with E-state index in [0.717, 1.165) is 18.5 Å². The second-order valence-corrected chi connectivity index (χ2v) is 2.67. The van der Waals surface area contributed by atoms with Crippen LogP contribution in [0, 0.1) is 4.91 Å². The summed E-state index contributed by atoms with van der Waals surface area (Å²) in [5, 5.41) is 5.22. The Morgan fingerprint density at radius 2 is 2.36 bits per heavy atom. The van der Waals surface area contributed by atoms with E-state index in [1.165, 1.54) is 19.0 Å². The minimum Gasteiger partial charge on any atom is -0.174 e. The van der Waals surface area contributed by atoms with Gasteiger partial charge in [-0.1, -0.05) is 25.0 Å². The second kappa shape index (κ2) is 3.95. The quantitative estimate of drug-likeness (QED) is 0.495. The maximum Gasteiger partial charge on any atom is 0.209 e. The van der Waals surface area contributed by atoms with Crippen molar-refractivity contribution in [3.8, 4) is 0 Å². The van der Waals surface area contributed by atoms with Crippen LogP contribution < -0.4 is 4.54 Å². The Morgan fingerprint density at radius 1 is 1.55 bits per heavy atom. The number of nitrogens with one attached hydrogen (secondary N) is 2. The summed E-state index contributed by atoms with van der Waals surface area (Å²) in [4.78, 5) is 10.6. The molecule has 1 aromatic rings. The molecule has 1 heterocycles. The first-order chi connectivity index (χ1) is 5.33. The fraction of sp³-hybridized carbons (Fsp3) is 0.714. The van der Waals surface area contributed by atoms with Gasteiger partial charge in [0.05, 0.1) is 4.54 Å². The molecule has 0 amide bonds. The maximum atomic E-state index is 10.6. The Hall–Kier alpha value is -1.06. The third-order valence-electron chi connectivity index (χ3n) is 1.65. The summed E-state index contributed by atoms with van der Waals surface area (Å²) in [6.45, 7) is 2.16. The van der Waals surface area contributed by atoms with Crippen molar-refractivity contribution < 1.29 is 4.54 Å². The molecule has 0 aliphatic rings. The van der Waals surface area contributed by atoms with Crippen molar-refractivity contribution in [2.45, 2.75) is 32.6 Å². The van der Waals surface area contributed by atoms with Gasteiger partial charge >= 0.3 is 0 Å². The van der Waals surface area contributed by atoms with Crippen molar-refractivity contribution >= 4 is 0 Å². The lowest BCUT2D eigenvalue weighted by molar-refractivity contribution is -0.564. The Bertz CT molecular complexity index is 250. The third kappa shape index (κ3) is 2.57. The Balaban J connectivity index is 2.33. The summed E-state index contributed by atoms with van der Waals surface area (Å²) in [6, 6.07) is 0. The van der Waals surface area contributed by atoms with Gasteiger partial charge in [-0.25, -0.2) is 0 Å². The van der Waals surface area contributed by atoms with Crippen molar-refractivity contribution in [1.82, 2.24) is 10.3 Å². The molecule has 2 N–H and O–H groups in total. The molecule has 0 aromatic carbocycles. The summed E-state index contributed by atoms with van der Waals surface area (Å²) in [5.74, 6) is 0. The van der Waals surface area contributed by atoms with Crippen molar-refractivity contribution in [3.63, 3.8) is 0 Å². The van der Waals surface area contributed by atoms with E-state index >= 15 is 0 Å². The highest BCUT2D eigenvalue weighted by Gasteiger charge is 2.00. The fourth-order valence-corrected chi connectivity index (χ4v) is 1.03.